The van der Waals surface area contributed by atoms with Gasteiger partial charge in [-0.15, -0.1) is 0 Å². The minimum absolute atomic E-state index is 0.140. The molecule has 0 bridgehead atoms. The summed E-state index contributed by atoms with van der Waals surface area (Å²) in [7, 11) is -8.45. The summed E-state index contributed by atoms with van der Waals surface area (Å²) in [6, 6.07) is 6.50. The molecule has 0 unspecified atom stereocenters. The zero-order valence-corrected chi connectivity index (χ0v) is 19.1. The molecule has 2 fully saturated rings. The first kappa shape index (κ1) is 22.2. The Morgan fingerprint density at radius 2 is 1.67 bits per heavy atom. The number of primary sulfonamides is 1. The molecular formula is C18H23N9O4S2. The van der Waals surface area contributed by atoms with Crippen LogP contribution in [0.4, 0.5) is 5.95 Å². The predicted molar refractivity (Wildman–Crippen MR) is 121 cm³/mol. The number of imidazole rings is 1. The van der Waals surface area contributed by atoms with Crippen LogP contribution < -0.4 is 38.1 Å². The number of aromatic nitrogens is 2. The highest BCUT2D eigenvalue weighted by Crippen LogP contribution is 2.40. The Labute approximate surface area is 189 Å². The topological polar surface area (TPSA) is 209 Å². The first-order chi connectivity index (χ1) is 15.6. The van der Waals surface area contributed by atoms with Crippen LogP contribution in [0.5, 0.6) is 0 Å². The Morgan fingerprint density at radius 1 is 1.00 bits per heavy atom. The Hall–Kier alpha value is -2.63. The van der Waals surface area contributed by atoms with Crippen molar-refractivity contribution in [3.05, 3.63) is 35.4 Å². The lowest BCUT2D eigenvalue weighted by Crippen LogP contribution is -2.51. The number of fused-ring (bicyclic) bond motifs is 1. The molecule has 15 heteroatoms. The fraction of sp³-hybridized carbons (Fsp3) is 0.278. The molecule has 10 N–H and O–H groups in total. The molecule has 0 amide bonds. The summed E-state index contributed by atoms with van der Waals surface area (Å²) >= 11 is 0. The van der Waals surface area contributed by atoms with Gasteiger partial charge in [-0.05, 0) is 24.1 Å². The van der Waals surface area contributed by atoms with Gasteiger partial charge in [-0.2, -0.15) is 11.1 Å². The number of H-pyrrole nitrogens is 1. The number of hydrogen-bond donors (Lipinski definition) is 8. The van der Waals surface area contributed by atoms with E-state index in [0.717, 1.165) is 5.56 Å². The van der Waals surface area contributed by atoms with E-state index in [-0.39, 0.29) is 29.5 Å². The molecule has 2 saturated heterocycles. The van der Waals surface area contributed by atoms with Gasteiger partial charge in [0.2, 0.25) is 10.0 Å². The quantitative estimate of drug-likeness (QED) is 0.208. The van der Waals surface area contributed by atoms with Gasteiger partial charge < -0.3 is 16.0 Å². The Bertz CT molecular complexity index is 1470. The first-order valence-corrected chi connectivity index (χ1v) is 13.1. The minimum atomic E-state index is -4.47. The summed E-state index contributed by atoms with van der Waals surface area (Å²) in [5, 5.41) is 7.79. The van der Waals surface area contributed by atoms with Gasteiger partial charge in [0.1, 0.15) is 11.1 Å². The van der Waals surface area contributed by atoms with Crippen LogP contribution in [-0.4, -0.2) is 45.1 Å². The van der Waals surface area contributed by atoms with Crippen LogP contribution in [0.3, 0.4) is 0 Å². The molecule has 2 aliphatic heterocycles. The number of anilines is 1. The van der Waals surface area contributed by atoms with E-state index in [9.17, 15) is 16.8 Å². The van der Waals surface area contributed by atoms with Crippen molar-refractivity contribution in [2.45, 2.75) is 28.1 Å². The van der Waals surface area contributed by atoms with E-state index in [4.69, 9.17) is 10.9 Å². The van der Waals surface area contributed by atoms with Crippen LogP contribution in [0.1, 0.15) is 17.3 Å². The van der Waals surface area contributed by atoms with Crippen LogP contribution >= 0.6 is 0 Å². The molecule has 3 aromatic rings. The highest BCUT2D eigenvalue weighted by molar-refractivity contribution is 7.94. The maximum absolute atomic E-state index is 13.3. The molecule has 3 heterocycles. The molecule has 2 aliphatic rings. The number of hydrazine groups is 3. The van der Waals surface area contributed by atoms with E-state index in [1.54, 1.807) is 12.1 Å². The Morgan fingerprint density at radius 3 is 2.27 bits per heavy atom. The van der Waals surface area contributed by atoms with Gasteiger partial charge in [0, 0.05) is 24.2 Å². The number of sulfone groups is 1. The predicted octanol–water partition coefficient (Wildman–Crippen LogP) is -1.37. The highest BCUT2D eigenvalue weighted by Gasteiger charge is 2.39. The highest BCUT2D eigenvalue weighted by atomic mass is 32.2. The third kappa shape index (κ3) is 3.58. The van der Waals surface area contributed by atoms with Crippen molar-refractivity contribution < 1.29 is 16.8 Å². The molecule has 0 aliphatic carbocycles. The lowest BCUT2D eigenvalue weighted by atomic mass is 9.95. The number of nitrogens with zero attached hydrogens (tertiary/aromatic N) is 1. The third-order valence-corrected chi connectivity index (χ3v) is 9.18. The lowest BCUT2D eigenvalue weighted by molar-refractivity contribution is 0.491. The molecule has 0 atom stereocenters. The van der Waals surface area contributed by atoms with E-state index in [2.05, 4.69) is 37.2 Å². The number of nitrogens with one attached hydrogen (secondary N) is 6. The van der Waals surface area contributed by atoms with Crippen LogP contribution in [-0.2, 0) is 19.9 Å². The fourth-order valence-electron chi connectivity index (χ4n) is 4.14. The van der Waals surface area contributed by atoms with Crippen LogP contribution in [0, 0.1) is 6.92 Å². The molecule has 0 spiro atoms. The number of nitrogen functional groups attached to an aromatic ring is 1. The number of aryl methyl sites for hydroxylation is 1. The number of rotatable bonds is 5. The van der Waals surface area contributed by atoms with Crippen LogP contribution in [0.25, 0.3) is 22.2 Å². The van der Waals surface area contributed by atoms with Crippen LogP contribution in [0.2, 0.25) is 0 Å². The molecule has 1 aromatic heterocycles. The number of benzene rings is 2. The summed E-state index contributed by atoms with van der Waals surface area (Å²) in [4.78, 5) is 6.52. The first-order valence-electron chi connectivity index (χ1n) is 9.99. The zero-order valence-electron chi connectivity index (χ0n) is 17.4. The van der Waals surface area contributed by atoms with E-state index in [1.165, 1.54) is 6.07 Å². The summed E-state index contributed by atoms with van der Waals surface area (Å²) in [6.07, 6.45) is -0.834. The summed E-state index contributed by atoms with van der Waals surface area (Å²) in [5.41, 5.74) is 20.1. The molecule has 13 nitrogen and oxygen atoms in total. The van der Waals surface area contributed by atoms with Crippen molar-refractivity contribution in [2.24, 2.45) is 5.14 Å². The average molecular weight is 494 g/mol. The number of aromatic amines is 1. The fourth-order valence-corrected chi connectivity index (χ4v) is 7.38. The van der Waals surface area contributed by atoms with E-state index in [0.29, 0.717) is 22.2 Å². The minimum Gasteiger partial charge on any atom is -0.369 e. The van der Waals surface area contributed by atoms with Crippen molar-refractivity contribution in [1.82, 2.24) is 37.2 Å². The lowest BCUT2D eigenvalue weighted by Gasteiger charge is -2.29. The second kappa shape index (κ2) is 7.71. The molecule has 2 aromatic carbocycles. The monoisotopic (exact) mass is 493 g/mol. The maximum atomic E-state index is 13.3. The normalized spacial score (nSPS) is 18.1. The second-order valence-corrected chi connectivity index (χ2v) is 11.7. The summed E-state index contributed by atoms with van der Waals surface area (Å²) in [5.74, 6) is 0.200. The standard InChI is InChI=1S/C18H23N9O4S2/c1-8-2-3-11(15-14(8)22-18(19)23-15)10-4-5-12(32(28,29)9-6-21-7-9)16(33(20,30)31)13(10)17-24-26-27-25-17/h2-5,9,17,21,24-27H,6-7H2,1H3,(H3,19,22,23)(H2,20,30,31). The van der Waals surface area contributed by atoms with E-state index < -0.39 is 36.2 Å². The molecule has 176 valence electrons. The van der Waals surface area contributed by atoms with Gasteiger partial charge in [-0.3, -0.25) is 0 Å². The summed E-state index contributed by atoms with van der Waals surface area (Å²) < 4.78 is 52.3. The van der Waals surface area contributed by atoms with Crippen LogP contribution in [0.15, 0.2) is 34.1 Å². The van der Waals surface area contributed by atoms with Gasteiger partial charge in [0.25, 0.3) is 0 Å². The van der Waals surface area contributed by atoms with Gasteiger partial charge in [0.05, 0.1) is 21.2 Å². The molecule has 5 rings (SSSR count). The molecule has 33 heavy (non-hydrogen) atoms. The van der Waals surface area contributed by atoms with Gasteiger partial charge in [-0.25, -0.2) is 37.8 Å². The Kier molecular flexibility index (Phi) is 5.18. The SMILES string of the molecule is Cc1ccc(-c2ccc(S(=O)(=O)C3CNC3)c(S(N)(=O)=O)c2C2NNNN2)c2[nH]c(N)nc12. The van der Waals surface area contributed by atoms with Crippen molar-refractivity contribution >= 4 is 36.8 Å². The van der Waals surface area contributed by atoms with Crippen molar-refractivity contribution in [3.8, 4) is 11.1 Å². The van der Waals surface area contributed by atoms with E-state index >= 15 is 0 Å². The number of nitrogens with two attached hydrogens (primary N) is 2. The smallest absolute Gasteiger partial charge is 0.239 e. The number of hydrogen-bond acceptors (Lipinski definition) is 11. The van der Waals surface area contributed by atoms with Crippen molar-refractivity contribution in [1.29, 1.82) is 0 Å². The van der Waals surface area contributed by atoms with E-state index in [1.807, 2.05) is 13.0 Å². The zero-order chi connectivity index (χ0) is 23.5. The number of sulfonamides is 1. The summed E-state index contributed by atoms with van der Waals surface area (Å²) in [6.45, 7) is 2.34. The third-order valence-electron chi connectivity index (χ3n) is 5.87. The van der Waals surface area contributed by atoms with Gasteiger partial charge in [0.15, 0.2) is 15.8 Å². The van der Waals surface area contributed by atoms with Crippen molar-refractivity contribution in [2.75, 3.05) is 18.8 Å². The van der Waals surface area contributed by atoms with Gasteiger partial charge >= 0.3 is 0 Å². The average Bonchev–Trinajstić information content (AvgIpc) is 3.34. The maximum Gasteiger partial charge on any atom is 0.239 e. The molecular weight excluding hydrogens is 470 g/mol. The molecule has 0 saturated carbocycles. The van der Waals surface area contributed by atoms with Crippen molar-refractivity contribution in [3.63, 3.8) is 0 Å². The molecule has 0 radical (unpaired) electrons. The Balaban J connectivity index is 1.87. The largest absolute Gasteiger partial charge is 0.369 e. The van der Waals surface area contributed by atoms with Gasteiger partial charge in [-0.1, -0.05) is 18.2 Å². The second-order valence-electron chi connectivity index (χ2n) is 7.97.